The number of thiazole rings is 1. The number of nitrogens with one attached hydrogen (secondary N) is 2. The molecule has 2 atom stereocenters. The maximum absolute atomic E-state index is 5.87. The first-order chi connectivity index (χ1) is 12.2. The molecule has 0 saturated carbocycles. The Balaban J connectivity index is 0.00000364. The number of ether oxygens (including phenoxy) is 1. The lowest BCUT2D eigenvalue weighted by Gasteiger charge is -2.45. The first-order valence-electron chi connectivity index (χ1n) is 9.57. The lowest BCUT2D eigenvalue weighted by atomic mass is 10.00. The second-order valence-corrected chi connectivity index (χ2v) is 9.05. The number of nitrogens with zero attached hydrogens (tertiary/aromatic N) is 3. The van der Waals surface area contributed by atoms with Crippen LogP contribution >= 0.6 is 35.3 Å². The van der Waals surface area contributed by atoms with Crippen LogP contribution in [0.2, 0.25) is 0 Å². The molecule has 1 saturated heterocycles. The van der Waals surface area contributed by atoms with E-state index in [1.165, 1.54) is 4.88 Å². The van der Waals surface area contributed by atoms with Crippen LogP contribution in [0.15, 0.2) is 4.99 Å². The number of morpholine rings is 1. The van der Waals surface area contributed by atoms with Gasteiger partial charge in [-0.1, -0.05) is 0 Å². The van der Waals surface area contributed by atoms with Gasteiger partial charge < -0.3 is 15.4 Å². The van der Waals surface area contributed by atoms with Crippen molar-refractivity contribution in [1.29, 1.82) is 0 Å². The Labute approximate surface area is 185 Å². The third-order valence-corrected chi connectivity index (χ3v) is 5.75. The highest BCUT2D eigenvalue weighted by molar-refractivity contribution is 14.0. The van der Waals surface area contributed by atoms with Gasteiger partial charge >= 0.3 is 0 Å². The topological polar surface area (TPSA) is 61.8 Å². The number of hydrogen-bond acceptors (Lipinski definition) is 5. The summed E-state index contributed by atoms with van der Waals surface area (Å²) in [6.45, 7) is 19.3. The molecular weight excluding hydrogens is 473 g/mol. The second kappa shape index (κ2) is 10.9. The molecule has 27 heavy (non-hydrogen) atoms. The van der Waals surface area contributed by atoms with E-state index in [-0.39, 0.29) is 41.7 Å². The predicted octanol–water partition coefficient (Wildman–Crippen LogP) is 3.32. The van der Waals surface area contributed by atoms with Gasteiger partial charge in [-0.15, -0.1) is 35.3 Å². The average molecular weight is 510 g/mol. The van der Waals surface area contributed by atoms with E-state index >= 15 is 0 Å². The molecule has 0 aromatic carbocycles. The molecule has 156 valence electrons. The summed E-state index contributed by atoms with van der Waals surface area (Å²) in [6.07, 6.45) is 0.551. The molecule has 1 fully saturated rings. The summed E-state index contributed by atoms with van der Waals surface area (Å²) in [4.78, 5) is 13.0. The highest BCUT2D eigenvalue weighted by atomic mass is 127. The van der Waals surface area contributed by atoms with E-state index < -0.39 is 0 Å². The molecule has 8 heteroatoms. The lowest BCUT2D eigenvalue weighted by Crippen LogP contribution is -2.59. The summed E-state index contributed by atoms with van der Waals surface area (Å²) >= 11 is 1.73. The average Bonchev–Trinajstić information content (AvgIpc) is 2.87. The number of guanidine groups is 1. The third-order valence-electron chi connectivity index (χ3n) is 4.69. The molecule has 2 N–H and O–H groups in total. The summed E-state index contributed by atoms with van der Waals surface area (Å²) in [5.74, 6) is 0.861. The van der Waals surface area contributed by atoms with Gasteiger partial charge in [0, 0.05) is 36.6 Å². The van der Waals surface area contributed by atoms with Crippen molar-refractivity contribution in [2.24, 2.45) is 4.99 Å². The third kappa shape index (κ3) is 7.47. The normalized spacial score (nSPS) is 21.7. The zero-order valence-electron chi connectivity index (χ0n) is 17.8. The van der Waals surface area contributed by atoms with Crippen molar-refractivity contribution in [2.75, 3.05) is 26.2 Å². The van der Waals surface area contributed by atoms with E-state index in [1.54, 1.807) is 11.3 Å². The molecule has 2 rings (SSSR count). The number of aliphatic imine (C=N–C) groups is 1. The van der Waals surface area contributed by atoms with Crippen molar-refractivity contribution in [3.8, 4) is 0 Å². The molecule has 1 aromatic rings. The summed E-state index contributed by atoms with van der Waals surface area (Å²) in [5, 5.41) is 7.98. The Morgan fingerprint density at radius 2 is 1.89 bits per heavy atom. The molecule has 6 nitrogen and oxygen atoms in total. The molecule has 0 amide bonds. The first kappa shape index (κ1) is 24.6. The van der Waals surface area contributed by atoms with Gasteiger partial charge in [-0.25, -0.2) is 9.98 Å². The largest absolute Gasteiger partial charge is 0.373 e. The van der Waals surface area contributed by atoms with Crippen LogP contribution in [0.5, 0.6) is 0 Å². The fourth-order valence-corrected chi connectivity index (χ4v) is 4.16. The van der Waals surface area contributed by atoms with E-state index in [0.29, 0.717) is 6.54 Å². The molecule has 0 bridgehead atoms. The van der Waals surface area contributed by atoms with Crippen LogP contribution < -0.4 is 10.6 Å². The quantitative estimate of drug-likeness (QED) is 0.350. The van der Waals surface area contributed by atoms with Gasteiger partial charge in [-0.05, 0) is 48.5 Å². The summed E-state index contributed by atoms with van der Waals surface area (Å²) in [5.41, 5.74) is 1.11. The van der Waals surface area contributed by atoms with Crippen molar-refractivity contribution in [2.45, 2.75) is 72.8 Å². The van der Waals surface area contributed by atoms with E-state index in [2.05, 4.69) is 62.1 Å². The van der Waals surface area contributed by atoms with Crippen molar-refractivity contribution >= 4 is 41.3 Å². The molecule has 1 aromatic heterocycles. The zero-order chi connectivity index (χ0) is 19.3. The maximum atomic E-state index is 5.87. The number of halogens is 1. The van der Waals surface area contributed by atoms with Crippen molar-refractivity contribution < 1.29 is 4.74 Å². The predicted molar refractivity (Wildman–Crippen MR) is 125 cm³/mol. The molecule has 0 spiro atoms. The second-order valence-electron chi connectivity index (χ2n) is 7.76. The minimum atomic E-state index is 0. The number of rotatable bonds is 6. The van der Waals surface area contributed by atoms with Gasteiger partial charge in [0.1, 0.15) is 0 Å². The smallest absolute Gasteiger partial charge is 0.191 e. The molecular formula is C19H36IN5OS. The summed E-state index contributed by atoms with van der Waals surface area (Å²) in [6, 6.07) is 0. The van der Waals surface area contributed by atoms with Gasteiger partial charge in [-0.2, -0.15) is 0 Å². The van der Waals surface area contributed by atoms with Gasteiger partial charge in [0.2, 0.25) is 0 Å². The fourth-order valence-electron chi connectivity index (χ4n) is 3.30. The van der Waals surface area contributed by atoms with Crippen molar-refractivity contribution in [3.05, 3.63) is 15.6 Å². The van der Waals surface area contributed by atoms with Crippen LogP contribution in [-0.2, 0) is 11.3 Å². The zero-order valence-corrected chi connectivity index (χ0v) is 20.9. The van der Waals surface area contributed by atoms with Crippen LogP contribution in [0.25, 0.3) is 0 Å². The highest BCUT2D eigenvalue weighted by Crippen LogP contribution is 2.21. The Morgan fingerprint density at radius 1 is 1.26 bits per heavy atom. The lowest BCUT2D eigenvalue weighted by molar-refractivity contribution is -0.0946. The van der Waals surface area contributed by atoms with Gasteiger partial charge in [0.15, 0.2) is 5.96 Å². The van der Waals surface area contributed by atoms with Gasteiger partial charge in [0.25, 0.3) is 0 Å². The molecule has 0 radical (unpaired) electrons. The Bertz CT molecular complexity index is 609. The standard InChI is InChI=1S/C19H35N5OS.HI/c1-8-20-18(21-9-17-15(4)23-16(5)26-17)22-12-19(6,7)24-10-13(2)25-14(3)11-24;/h13-14H,8-12H2,1-7H3,(H2,20,21,22);1H. The molecule has 1 aliphatic rings. The maximum Gasteiger partial charge on any atom is 0.191 e. The van der Waals surface area contributed by atoms with E-state index in [1.807, 2.05) is 6.92 Å². The SMILES string of the molecule is CCNC(=NCc1sc(C)nc1C)NCC(C)(C)N1CC(C)OC(C)C1.I. The molecule has 1 aliphatic heterocycles. The minimum Gasteiger partial charge on any atom is -0.373 e. The highest BCUT2D eigenvalue weighted by Gasteiger charge is 2.33. The van der Waals surface area contributed by atoms with Crippen LogP contribution in [-0.4, -0.2) is 59.8 Å². The van der Waals surface area contributed by atoms with Crippen LogP contribution in [0.3, 0.4) is 0 Å². The van der Waals surface area contributed by atoms with Crippen LogP contribution in [0.4, 0.5) is 0 Å². The first-order valence-corrected chi connectivity index (χ1v) is 10.4. The fraction of sp³-hybridized carbons (Fsp3) is 0.789. The minimum absolute atomic E-state index is 0. The molecule has 0 aliphatic carbocycles. The van der Waals surface area contributed by atoms with Gasteiger partial charge in [0.05, 0.1) is 29.5 Å². The van der Waals surface area contributed by atoms with Gasteiger partial charge in [-0.3, -0.25) is 4.90 Å². The molecule has 2 heterocycles. The number of aromatic nitrogens is 1. The van der Waals surface area contributed by atoms with Crippen molar-refractivity contribution in [1.82, 2.24) is 20.5 Å². The van der Waals surface area contributed by atoms with Crippen LogP contribution in [0.1, 0.15) is 50.2 Å². The Hall–Kier alpha value is -0.450. The Morgan fingerprint density at radius 3 is 2.41 bits per heavy atom. The monoisotopic (exact) mass is 509 g/mol. The Kier molecular flexibility index (Phi) is 9.95. The van der Waals surface area contributed by atoms with E-state index in [0.717, 1.165) is 42.8 Å². The number of aryl methyl sites for hydroxylation is 2. The number of hydrogen-bond donors (Lipinski definition) is 2. The van der Waals surface area contributed by atoms with E-state index in [9.17, 15) is 0 Å². The van der Waals surface area contributed by atoms with E-state index in [4.69, 9.17) is 9.73 Å². The molecule has 2 unspecified atom stereocenters. The summed E-state index contributed by atoms with van der Waals surface area (Å²) in [7, 11) is 0. The van der Waals surface area contributed by atoms with Crippen molar-refractivity contribution in [3.63, 3.8) is 0 Å². The van der Waals surface area contributed by atoms with Crippen LogP contribution in [0, 0.1) is 13.8 Å². The summed E-state index contributed by atoms with van der Waals surface area (Å²) < 4.78 is 5.87.